The molecule has 0 aliphatic rings. The van der Waals surface area contributed by atoms with Gasteiger partial charge in [-0.05, 0) is 17.7 Å². The van der Waals surface area contributed by atoms with E-state index in [0.717, 1.165) is 5.56 Å². The van der Waals surface area contributed by atoms with Gasteiger partial charge in [0.2, 0.25) is 5.91 Å². The minimum atomic E-state index is -0.803. The highest BCUT2D eigenvalue weighted by Gasteiger charge is 2.22. The Balaban J connectivity index is 2.84. The summed E-state index contributed by atoms with van der Waals surface area (Å²) in [5.41, 5.74) is 6.41. The van der Waals surface area contributed by atoms with Crippen LogP contribution in [0.4, 0.5) is 0 Å². The summed E-state index contributed by atoms with van der Waals surface area (Å²) in [6.07, 6.45) is 0.00355. The van der Waals surface area contributed by atoms with Crippen LogP contribution in [0.3, 0.4) is 0 Å². The maximum Gasteiger partial charge on any atom is 0.307 e. The minimum Gasteiger partial charge on any atom is -0.469 e. The Labute approximate surface area is 128 Å². The Morgan fingerprint density at radius 2 is 1.90 bits per heavy atom. The van der Waals surface area contributed by atoms with Crippen LogP contribution in [0.5, 0.6) is 0 Å². The molecule has 1 aromatic carbocycles. The smallest absolute Gasteiger partial charge is 0.307 e. The van der Waals surface area contributed by atoms with Crippen LogP contribution in [0.15, 0.2) is 24.3 Å². The number of hydrogen-bond acceptors (Lipinski definition) is 5. The fourth-order valence-electron chi connectivity index (χ4n) is 1.73. The first-order chi connectivity index (χ1) is 9.97. The highest BCUT2D eigenvalue weighted by molar-refractivity contribution is 6.30. The molecule has 0 fully saturated rings. The van der Waals surface area contributed by atoms with Crippen molar-refractivity contribution in [1.82, 2.24) is 5.32 Å². The standard InChI is InChI=1S/C14H19ClN2O4/c1-20-8-11(16)14(19)17-12(7-13(18)21-2)9-3-5-10(15)6-4-9/h3-6,11-12H,7-8,16H2,1-2H3,(H,17,19)/t11?,12-/m0/s1. The summed E-state index contributed by atoms with van der Waals surface area (Å²) < 4.78 is 9.48. The second-order valence-corrected chi connectivity index (χ2v) is 4.89. The molecule has 6 nitrogen and oxygen atoms in total. The van der Waals surface area contributed by atoms with Crippen LogP contribution in [0.25, 0.3) is 0 Å². The fraction of sp³-hybridized carbons (Fsp3) is 0.429. The van der Waals surface area contributed by atoms with Gasteiger partial charge in [0.15, 0.2) is 0 Å². The predicted octanol–water partition coefficient (Wildman–Crippen LogP) is 1.03. The van der Waals surface area contributed by atoms with Crippen LogP contribution in [0.2, 0.25) is 5.02 Å². The molecule has 0 saturated carbocycles. The van der Waals surface area contributed by atoms with Crippen LogP contribution >= 0.6 is 11.6 Å². The van der Waals surface area contributed by atoms with Gasteiger partial charge >= 0.3 is 5.97 Å². The lowest BCUT2D eigenvalue weighted by Gasteiger charge is -2.20. The van der Waals surface area contributed by atoms with E-state index in [1.54, 1.807) is 24.3 Å². The molecule has 1 unspecified atom stereocenters. The average molecular weight is 315 g/mol. The normalized spacial score (nSPS) is 13.3. The maximum atomic E-state index is 12.0. The van der Waals surface area contributed by atoms with Gasteiger partial charge in [-0.2, -0.15) is 0 Å². The number of amides is 1. The highest BCUT2D eigenvalue weighted by Crippen LogP contribution is 2.20. The summed E-state index contributed by atoms with van der Waals surface area (Å²) in [6, 6.07) is 5.49. The van der Waals surface area contributed by atoms with E-state index in [9.17, 15) is 9.59 Å². The van der Waals surface area contributed by atoms with E-state index in [0.29, 0.717) is 5.02 Å². The second kappa shape index (κ2) is 8.61. The number of nitrogens with one attached hydrogen (secondary N) is 1. The number of halogens is 1. The molecule has 21 heavy (non-hydrogen) atoms. The van der Waals surface area contributed by atoms with Crippen molar-refractivity contribution in [3.8, 4) is 0 Å². The number of methoxy groups -OCH3 is 2. The zero-order valence-electron chi connectivity index (χ0n) is 12.0. The van der Waals surface area contributed by atoms with Gasteiger partial charge in [0.05, 0.1) is 26.2 Å². The Morgan fingerprint density at radius 1 is 1.29 bits per heavy atom. The summed E-state index contributed by atoms with van der Waals surface area (Å²) >= 11 is 5.83. The van der Waals surface area contributed by atoms with Gasteiger partial charge in [0, 0.05) is 12.1 Å². The van der Waals surface area contributed by atoms with Crippen LogP contribution in [-0.4, -0.2) is 38.7 Å². The molecule has 116 valence electrons. The number of rotatable bonds is 7. The molecular weight excluding hydrogens is 296 g/mol. The van der Waals surface area contributed by atoms with Crippen molar-refractivity contribution in [2.45, 2.75) is 18.5 Å². The second-order valence-electron chi connectivity index (χ2n) is 4.45. The first kappa shape index (κ1) is 17.4. The van der Waals surface area contributed by atoms with E-state index in [-0.39, 0.29) is 13.0 Å². The molecule has 1 rings (SSSR count). The molecule has 2 atom stereocenters. The molecular formula is C14H19ClN2O4. The molecule has 1 amide bonds. The predicted molar refractivity (Wildman–Crippen MR) is 78.8 cm³/mol. The maximum absolute atomic E-state index is 12.0. The monoisotopic (exact) mass is 314 g/mol. The van der Waals surface area contributed by atoms with E-state index in [4.69, 9.17) is 22.1 Å². The zero-order chi connectivity index (χ0) is 15.8. The topological polar surface area (TPSA) is 90.6 Å². The molecule has 0 radical (unpaired) electrons. The summed E-state index contributed by atoms with van der Waals surface area (Å²) in [7, 11) is 2.75. The van der Waals surface area contributed by atoms with E-state index < -0.39 is 24.0 Å². The largest absolute Gasteiger partial charge is 0.469 e. The molecule has 3 N–H and O–H groups in total. The highest BCUT2D eigenvalue weighted by atomic mass is 35.5. The fourth-order valence-corrected chi connectivity index (χ4v) is 1.86. The molecule has 0 aliphatic carbocycles. The van der Waals surface area contributed by atoms with Gasteiger partial charge in [-0.15, -0.1) is 0 Å². The number of ether oxygens (including phenoxy) is 2. The number of carbonyl (C=O) groups is 2. The zero-order valence-corrected chi connectivity index (χ0v) is 12.7. The van der Waals surface area contributed by atoms with Crippen LogP contribution in [0.1, 0.15) is 18.0 Å². The van der Waals surface area contributed by atoms with Gasteiger partial charge in [0.1, 0.15) is 6.04 Å². The van der Waals surface area contributed by atoms with E-state index >= 15 is 0 Å². The molecule has 0 aromatic heterocycles. The third kappa shape index (κ3) is 5.71. The van der Waals surface area contributed by atoms with Gasteiger partial charge < -0.3 is 20.5 Å². The number of benzene rings is 1. The van der Waals surface area contributed by atoms with E-state index in [2.05, 4.69) is 10.1 Å². The van der Waals surface area contributed by atoms with Crippen molar-refractivity contribution in [1.29, 1.82) is 0 Å². The number of nitrogens with two attached hydrogens (primary N) is 1. The first-order valence-electron chi connectivity index (χ1n) is 6.35. The van der Waals surface area contributed by atoms with E-state index in [1.165, 1.54) is 14.2 Å². The quantitative estimate of drug-likeness (QED) is 0.734. The van der Waals surface area contributed by atoms with Crippen molar-refractivity contribution in [2.75, 3.05) is 20.8 Å². The molecule has 7 heteroatoms. The Bertz CT molecular complexity index is 478. The first-order valence-corrected chi connectivity index (χ1v) is 6.73. The summed E-state index contributed by atoms with van der Waals surface area (Å²) in [6.45, 7) is 0.0946. The lowest BCUT2D eigenvalue weighted by atomic mass is 10.0. The molecule has 0 heterocycles. The van der Waals surface area contributed by atoms with Crippen LogP contribution in [0, 0.1) is 0 Å². The Hall–Kier alpha value is -1.63. The summed E-state index contributed by atoms with van der Waals surface area (Å²) in [4.78, 5) is 23.4. The molecule has 0 aliphatic heterocycles. The van der Waals surface area contributed by atoms with Crippen molar-refractivity contribution >= 4 is 23.5 Å². The number of esters is 1. The Kier molecular flexibility index (Phi) is 7.14. The van der Waals surface area contributed by atoms with Crippen molar-refractivity contribution in [3.05, 3.63) is 34.9 Å². The van der Waals surface area contributed by atoms with E-state index in [1.807, 2.05) is 0 Å². The van der Waals surface area contributed by atoms with Gasteiger partial charge in [-0.3, -0.25) is 9.59 Å². The molecule has 1 aromatic rings. The third-order valence-corrected chi connectivity index (χ3v) is 3.12. The summed E-state index contributed by atoms with van der Waals surface area (Å²) in [5, 5.41) is 3.28. The van der Waals surface area contributed by atoms with Crippen LogP contribution < -0.4 is 11.1 Å². The lowest BCUT2D eigenvalue weighted by molar-refractivity contribution is -0.141. The summed E-state index contributed by atoms with van der Waals surface area (Å²) in [5.74, 6) is -0.837. The lowest BCUT2D eigenvalue weighted by Crippen LogP contribution is -2.45. The number of carbonyl (C=O) groups excluding carboxylic acids is 2. The van der Waals surface area contributed by atoms with Gasteiger partial charge in [-0.1, -0.05) is 23.7 Å². The third-order valence-electron chi connectivity index (χ3n) is 2.87. The SMILES string of the molecule is COCC(N)C(=O)N[C@@H](CC(=O)OC)c1ccc(Cl)cc1. The molecule has 0 spiro atoms. The Morgan fingerprint density at radius 3 is 2.43 bits per heavy atom. The van der Waals surface area contributed by atoms with Crippen molar-refractivity contribution in [3.63, 3.8) is 0 Å². The molecule has 0 bridgehead atoms. The van der Waals surface area contributed by atoms with Gasteiger partial charge in [-0.25, -0.2) is 0 Å². The molecule has 0 saturated heterocycles. The average Bonchev–Trinajstić information content (AvgIpc) is 2.47. The van der Waals surface area contributed by atoms with Crippen molar-refractivity contribution < 1.29 is 19.1 Å². The van der Waals surface area contributed by atoms with Crippen molar-refractivity contribution in [2.24, 2.45) is 5.73 Å². The van der Waals surface area contributed by atoms with Crippen LogP contribution in [-0.2, 0) is 19.1 Å². The minimum absolute atomic E-state index is 0.00355. The van der Waals surface area contributed by atoms with Gasteiger partial charge in [0.25, 0.3) is 0 Å². The number of hydrogen-bond donors (Lipinski definition) is 2.